The van der Waals surface area contributed by atoms with Crippen LogP contribution in [0.2, 0.25) is 5.02 Å². The van der Waals surface area contributed by atoms with Crippen molar-refractivity contribution in [3.8, 4) is 50.6 Å². The Morgan fingerprint density at radius 1 is 0.457 bits per heavy atom. The lowest BCUT2D eigenvalue weighted by Crippen LogP contribution is -1.89. The van der Waals surface area contributed by atoms with Crippen LogP contribution in [0.5, 0.6) is 0 Å². The molecule has 0 fully saturated rings. The Morgan fingerprint density at radius 2 is 0.971 bits per heavy atom. The Labute approximate surface area is 208 Å². The largest absolute Gasteiger partial charge is 0.192 e. The summed E-state index contributed by atoms with van der Waals surface area (Å²) in [6.45, 7) is 0. The summed E-state index contributed by atoms with van der Waals surface area (Å²) in [6, 6.07) is 40.1. The molecule has 162 valence electrons. The van der Waals surface area contributed by atoms with Crippen LogP contribution in [0.4, 0.5) is 0 Å². The SMILES string of the molecule is N#Cc1ccc(-c2ccc(-c3ccc4c5c(ccc(Cl)c35)-c3ccccc3-4)c3ccccc23)cc1. The van der Waals surface area contributed by atoms with Gasteiger partial charge in [-0.05, 0) is 78.9 Å². The van der Waals surface area contributed by atoms with Gasteiger partial charge in [0.1, 0.15) is 0 Å². The zero-order valence-corrected chi connectivity index (χ0v) is 19.5. The second kappa shape index (κ2) is 7.57. The zero-order chi connectivity index (χ0) is 23.5. The lowest BCUT2D eigenvalue weighted by molar-refractivity contribution is 1.48. The second-order valence-electron chi connectivity index (χ2n) is 8.95. The predicted molar refractivity (Wildman–Crippen MR) is 146 cm³/mol. The van der Waals surface area contributed by atoms with Gasteiger partial charge in [0.2, 0.25) is 0 Å². The fourth-order valence-corrected chi connectivity index (χ4v) is 5.85. The summed E-state index contributed by atoms with van der Waals surface area (Å²) in [4.78, 5) is 0. The van der Waals surface area contributed by atoms with E-state index in [1.165, 1.54) is 44.0 Å². The van der Waals surface area contributed by atoms with Gasteiger partial charge in [-0.15, -0.1) is 0 Å². The first-order chi connectivity index (χ1) is 17.2. The number of hydrogen-bond acceptors (Lipinski definition) is 1. The highest BCUT2D eigenvalue weighted by Gasteiger charge is 2.24. The molecule has 0 radical (unpaired) electrons. The Kier molecular flexibility index (Phi) is 4.33. The van der Waals surface area contributed by atoms with E-state index in [1.54, 1.807) is 0 Å². The molecule has 0 unspecified atom stereocenters. The Hall–Kier alpha value is -4.38. The maximum absolute atomic E-state index is 9.18. The topological polar surface area (TPSA) is 23.8 Å². The number of nitriles is 1. The molecular formula is C33H18ClN. The first kappa shape index (κ1) is 20.0. The third-order valence-corrected chi connectivity index (χ3v) is 7.47. The van der Waals surface area contributed by atoms with Crippen LogP contribution in [-0.2, 0) is 0 Å². The monoisotopic (exact) mass is 463 g/mol. The average Bonchev–Trinajstić information content (AvgIpc) is 3.25. The molecule has 0 bridgehead atoms. The van der Waals surface area contributed by atoms with Crippen molar-refractivity contribution in [2.75, 3.05) is 0 Å². The van der Waals surface area contributed by atoms with Gasteiger partial charge < -0.3 is 0 Å². The van der Waals surface area contributed by atoms with Crippen LogP contribution >= 0.6 is 11.6 Å². The third-order valence-electron chi connectivity index (χ3n) is 7.16. The first-order valence-electron chi connectivity index (χ1n) is 11.6. The third kappa shape index (κ3) is 2.88. The van der Waals surface area contributed by atoms with Crippen molar-refractivity contribution in [3.05, 3.63) is 120 Å². The molecule has 1 nitrogen and oxygen atoms in total. The van der Waals surface area contributed by atoms with Crippen LogP contribution in [0.1, 0.15) is 5.56 Å². The van der Waals surface area contributed by atoms with E-state index in [2.05, 4.69) is 84.9 Å². The van der Waals surface area contributed by atoms with Crippen LogP contribution in [0.15, 0.2) is 109 Å². The van der Waals surface area contributed by atoms with Crippen molar-refractivity contribution in [1.29, 1.82) is 5.26 Å². The van der Waals surface area contributed by atoms with Crippen molar-refractivity contribution in [3.63, 3.8) is 0 Å². The van der Waals surface area contributed by atoms with Crippen molar-refractivity contribution < 1.29 is 0 Å². The summed E-state index contributed by atoms with van der Waals surface area (Å²) < 4.78 is 0. The summed E-state index contributed by atoms with van der Waals surface area (Å²) in [5, 5.41) is 14.7. The number of halogens is 1. The van der Waals surface area contributed by atoms with Crippen LogP contribution in [0.3, 0.4) is 0 Å². The van der Waals surface area contributed by atoms with Crippen LogP contribution in [-0.4, -0.2) is 0 Å². The fraction of sp³-hybridized carbons (Fsp3) is 0. The quantitative estimate of drug-likeness (QED) is 0.250. The molecule has 6 aromatic carbocycles. The van der Waals surface area contributed by atoms with Gasteiger partial charge in [-0.3, -0.25) is 0 Å². The second-order valence-corrected chi connectivity index (χ2v) is 9.35. The van der Waals surface area contributed by atoms with Gasteiger partial charge in [-0.25, -0.2) is 0 Å². The molecule has 0 saturated heterocycles. The van der Waals surface area contributed by atoms with E-state index in [9.17, 15) is 5.26 Å². The summed E-state index contributed by atoms with van der Waals surface area (Å²) in [6.07, 6.45) is 0. The first-order valence-corrected chi connectivity index (χ1v) is 12.0. The number of hydrogen-bond donors (Lipinski definition) is 0. The van der Waals surface area contributed by atoms with E-state index in [-0.39, 0.29) is 0 Å². The molecule has 0 saturated carbocycles. The van der Waals surface area contributed by atoms with E-state index in [4.69, 9.17) is 11.6 Å². The van der Waals surface area contributed by atoms with Crippen LogP contribution < -0.4 is 0 Å². The highest BCUT2D eigenvalue weighted by molar-refractivity contribution is 6.39. The maximum atomic E-state index is 9.18. The Morgan fingerprint density at radius 3 is 1.63 bits per heavy atom. The lowest BCUT2D eigenvalue weighted by Gasteiger charge is -2.16. The van der Waals surface area contributed by atoms with Crippen LogP contribution in [0, 0.1) is 11.3 Å². The molecule has 7 rings (SSSR count). The molecule has 6 aromatic rings. The van der Waals surface area contributed by atoms with Crippen molar-refractivity contribution in [2.45, 2.75) is 0 Å². The van der Waals surface area contributed by atoms with Gasteiger partial charge in [0.05, 0.1) is 11.6 Å². The zero-order valence-electron chi connectivity index (χ0n) is 18.7. The molecule has 0 N–H and O–H groups in total. The number of rotatable bonds is 2. The normalized spacial score (nSPS) is 11.5. The van der Waals surface area contributed by atoms with Crippen molar-refractivity contribution >= 4 is 33.1 Å². The average molecular weight is 464 g/mol. The Bertz CT molecular complexity index is 1830. The van der Waals surface area contributed by atoms with E-state index in [0.717, 1.165) is 27.1 Å². The summed E-state index contributed by atoms with van der Waals surface area (Å²) >= 11 is 6.91. The van der Waals surface area contributed by atoms with E-state index in [1.807, 2.05) is 30.3 Å². The van der Waals surface area contributed by atoms with Gasteiger partial charge >= 0.3 is 0 Å². The van der Waals surface area contributed by atoms with Gasteiger partial charge in [0.15, 0.2) is 0 Å². The molecule has 0 amide bonds. The number of fused-ring (bicyclic) bond motifs is 4. The molecule has 0 aliphatic heterocycles. The van der Waals surface area contributed by atoms with E-state index >= 15 is 0 Å². The predicted octanol–water partition coefficient (Wildman–Crippen LogP) is 9.50. The molecule has 0 aromatic heterocycles. The summed E-state index contributed by atoms with van der Waals surface area (Å²) in [5.74, 6) is 0. The minimum absolute atomic E-state index is 0.665. The minimum Gasteiger partial charge on any atom is -0.192 e. The molecule has 2 heteroatoms. The van der Waals surface area contributed by atoms with Gasteiger partial charge in [0, 0.05) is 10.4 Å². The molecule has 0 heterocycles. The minimum atomic E-state index is 0.665. The van der Waals surface area contributed by atoms with E-state index in [0.29, 0.717) is 5.56 Å². The summed E-state index contributed by atoms with van der Waals surface area (Å²) in [7, 11) is 0. The number of nitrogens with zero attached hydrogens (tertiary/aromatic N) is 1. The van der Waals surface area contributed by atoms with Gasteiger partial charge in [-0.1, -0.05) is 103 Å². The van der Waals surface area contributed by atoms with E-state index < -0.39 is 0 Å². The fourth-order valence-electron chi connectivity index (χ4n) is 5.59. The lowest BCUT2D eigenvalue weighted by atomic mass is 9.88. The maximum Gasteiger partial charge on any atom is 0.0991 e. The van der Waals surface area contributed by atoms with Gasteiger partial charge in [0.25, 0.3) is 0 Å². The molecule has 0 spiro atoms. The Balaban J connectivity index is 1.51. The molecule has 0 atom stereocenters. The van der Waals surface area contributed by atoms with Crippen molar-refractivity contribution in [2.24, 2.45) is 0 Å². The summed E-state index contributed by atoms with van der Waals surface area (Å²) in [5.41, 5.74) is 10.2. The smallest absolute Gasteiger partial charge is 0.0991 e. The van der Waals surface area contributed by atoms with Crippen LogP contribution in [0.25, 0.3) is 66.1 Å². The molecule has 1 aliphatic rings. The van der Waals surface area contributed by atoms with Gasteiger partial charge in [-0.2, -0.15) is 5.26 Å². The molecule has 1 aliphatic carbocycles. The standard InChI is InChI=1S/C33H18ClN/c34-31-18-17-29-26-8-4-3-7-25(26)28-15-16-30(33(31)32(28)29)27-14-13-22(23-5-1-2-6-24(23)27)21-11-9-20(19-35)10-12-21/h1-18H. The molecule has 35 heavy (non-hydrogen) atoms. The number of benzene rings is 6. The highest BCUT2D eigenvalue weighted by Crippen LogP contribution is 2.51. The highest BCUT2D eigenvalue weighted by atomic mass is 35.5. The molecular weight excluding hydrogens is 446 g/mol. The van der Waals surface area contributed by atoms with Crippen molar-refractivity contribution in [1.82, 2.24) is 0 Å².